The largest absolute Gasteiger partial charge is 0.744 e. The molecule has 1 aromatic carbocycles. The Morgan fingerprint density at radius 2 is 1.23 bits per heavy atom. The molecule has 6 heteroatoms. The molecule has 0 heterocycles. The second-order valence-electron chi connectivity index (χ2n) is 8.35. The maximum atomic E-state index is 10.4. The molecule has 0 bridgehead atoms. The minimum Gasteiger partial charge on any atom is -0.744 e. The Morgan fingerprint density at radius 3 is 1.67 bits per heavy atom. The summed E-state index contributed by atoms with van der Waals surface area (Å²) in [6, 6.07) is 5.78. The molecule has 176 valence electrons. The predicted octanol–water partition coefficient (Wildman–Crippen LogP) is 5.27. The molecule has 0 aliphatic rings. The molecule has 0 saturated heterocycles. The van der Waals surface area contributed by atoms with Crippen molar-refractivity contribution in [3.05, 3.63) is 29.8 Å². The first kappa shape index (κ1) is 29.1. The van der Waals surface area contributed by atoms with Crippen LogP contribution in [0, 0.1) is 6.92 Å². The van der Waals surface area contributed by atoms with E-state index in [1.807, 2.05) is 6.92 Å². The zero-order valence-electron chi connectivity index (χ0n) is 19.7. The van der Waals surface area contributed by atoms with E-state index in [0.29, 0.717) is 6.61 Å². The van der Waals surface area contributed by atoms with Gasteiger partial charge in [0.2, 0.25) is 0 Å². The summed E-state index contributed by atoms with van der Waals surface area (Å²) in [5.74, 6) is 0. The molecular formula is C24H45NO4S. The van der Waals surface area contributed by atoms with Crippen LogP contribution in [0.2, 0.25) is 0 Å². The van der Waals surface area contributed by atoms with Crippen LogP contribution in [-0.2, 0) is 10.1 Å². The third kappa shape index (κ3) is 13.4. The number of hydrogen-bond acceptors (Lipinski definition) is 4. The van der Waals surface area contributed by atoms with Crippen LogP contribution < -0.4 is 0 Å². The third-order valence-electron chi connectivity index (χ3n) is 5.56. The first-order chi connectivity index (χ1) is 14.2. The quantitative estimate of drug-likeness (QED) is 0.228. The topological polar surface area (TPSA) is 77.4 Å². The van der Waals surface area contributed by atoms with Gasteiger partial charge in [-0.25, -0.2) is 8.42 Å². The van der Waals surface area contributed by atoms with E-state index in [9.17, 15) is 18.1 Å². The minimum absolute atomic E-state index is 0.178. The van der Waals surface area contributed by atoms with Crippen LogP contribution in [-0.4, -0.2) is 55.3 Å². The summed E-state index contributed by atoms with van der Waals surface area (Å²) >= 11 is 0. The van der Waals surface area contributed by atoms with Gasteiger partial charge in [0.15, 0.2) is 0 Å². The molecule has 5 nitrogen and oxygen atoms in total. The smallest absolute Gasteiger partial charge is 0.124 e. The fraction of sp³-hybridized carbons (Fsp3) is 0.750. The van der Waals surface area contributed by atoms with Crippen LogP contribution in [0.4, 0.5) is 0 Å². The predicted molar refractivity (Wildman–Crippen MR) is 125 cm³/mol. The second-order valence-corrected chi connectivity index (χ2v) is 9.73. The Labute approximate surface area is 185 Å². The number of rotatable bonds is 15. The third-order valence-corrected chi connectivity index (χ3v) is 6.41. The van der Waals surface area contributed by atoms with Crippen LogP contribution in [0.25, 0.3) is 0 Å². The molecule has 1 aromatic rings. The van der Waals surface area contributed by atoms with Crippen molar-refractivity contribution in [2.75, 3.05) is 32.8 Å². The summed E-state index contributed by atoms with van der Waals surface area (Å²) in [7, 11) is -4.27. The van der Waals surface area contributed by atoms with Crippen LogP contribution in [0.1, 0.15) is 84.1 Å². The fourth-order valence-corrected chi connectivity index (χ4v) is 4.11. The lowest BCUT2D eigenvalue weighted by Crippen LogP contribution is -2.51. The molecule has 0 aromatic heterocycles. The van der Waals surface area contributed by atoms with Crippen molar-refractivity contribution in [2.24, 2.45) is 0 Å². The molecule has 30 heavy (non-hydrogen) atoms. The number of benzene rings is 1. The number of quaternary nitrogens is 1. The average Bonchev–Trinajstić information content (AvgIpc) is 2.72. The van der Waals surface area contributed by atoms with E-state index in [2.05, 4.69) is 20.8 Å². The molecule has 0 fully saturated rings. The molecule has 0 aliphatic heterocycles. The molecule has 0 amide bonds. The highest BCUT2D eigenvalue weighted by Crippen LogP contribution is 2.16. The summed E-state index contributed by atoms with van der Waals surface area (Å²) in [5.41, 5.74) is 0.928. The van der Waals surface area contributed by atoms with Gasteiger partial charge in [-0.2, -0.15) is 0 Å². The molecular weight excluding hydrogens is 398 g/mol. The standard InChI is InChI=1S/C17H38NO.C7H8O3S/c1-4-7-10-11-15-18(13-8-5-2,14-9-6-3)16-12-17-19;1-6-2-4-7(5-3-6)11(8,9)10/h19H,4-17H2,1-3H3;2-5H,1H3,(H,8,9,10)/q+1;/p-1. The Balaban J connectivity index is 0.000000642. The van der Waals surface area contributed by atoms with Crippen LogP contribution in [0.15, 0.2) is 29.2 Å². The van der Waals surface area contributed by atoms with Gasteiger partial charge in [0.05, 0.1) is 31.1 Å². The van der Waals surface area contributed by atoms with Crippen molar-refractivity contribution in [1.82, 2.24) is 0 Å². The lowest BCUT2D eigenvalue weighted by Gasteiger charge is -2.39. The molecule has 0 radical (unpaired) electrons. The number of unbranched alkanes of at least 4 members (excludes halogenated alkanes) is 5. The van der Waals surface area contributed by atoms with E-state index in [0.717, 1.165) is 12.0 Å². The van der Waals surface area contributed by atoms with Gasteiger partial charge in [0.1, 0.15) is 10.1 Å². The summed E-state index contributed by atoms with van der Waals surface area (Å²) < 4.78 is 32.4. The van der Waals surface area contributed by atoms with Gasteiger partial charge in [-0.1, -0.05) is 64.2 Å². The van der Waals surface area contributed by atoms with Crippen molar-refractivity contribution in [1.29, 1.82) is 0 Å². The fourth-order valence-electron chi connectivity index (χ4n) is 3.64. The van der Waals surface area contributed by atoms with Gasteiger partial charge in [-0.3, -0.25) is 0 Å². The SMILES string of the molecule is CCCCCC[N+](CCCC)(CCCC)CCCO.Cc1ccc(S(=O)(=O)[O-])cc1. The molecule has 1 rings (SSSR count). The lowest BCUT2D eigenvalue weighted by atomic mass is 10.1. The summed E-state index contributed by atoms with van der Waals surface area (Å²) in [5, 5.41) is 9.18. The van der Waals surface area contributed by atoms with Gasteiger partial charge in [0.25, 0.3) is 0 Å². The zero-order chi connectivity index (χ0) is 22.9. The molecule has 0 unspecified atom stereocenters. The van der Waals surface area contributed by atoms with Crippen molar-refractivity contribution < 1.29 is 22.6 Å². The van der Waals surface area contributed by atoms with Gasteiger partial charge < -0.3 is 14.1 Å². The summed E-state index contributed by atoms with van der Waals surface area (Å²) in [6.07, 6.45) is 11.7. The summed E-state index contributed by atoms with van der Waals surface area (Å²) in [6.45, 7) is 14.2. The highest BCUT2D eigenvalue weighted by Gasteiger charge is 2.25. The maximum absolute atomic E-state index is 10.4. The van der Waals surface area contributed by atoms with Gasteiger partial charge in [-0.15, -0.1) is 0 Å². The molecule has 1 N–H and O–H groups in total. The van der Waals surface area contributed by atoms with Crippen molar-refractivity contribution >= 4 is 10.1 Å². The number of nitrogens with zero attached hydrogens (tertiary/aromatic N) is 1. The first-order valence-electron chi connectivity index (χ1n) is 11.7. The number of aliphatic hydroxyl groups excluding tert-OH is 1. The van der Waals surface area contributed by atoms with Crippen molar-refractivity contribution in [2.45, 2.75) is 90.4 Å². The first-order valence-corrected chi connectivity index (χ1v) is 13.1. The maximum Gasteiger partial charge on any atom is 0.124 e. The number of aryl methyl sites for hydroxylation is 1. The Morgan fingerprint density at radius 1 is 0.767 bits per heavy atom. The van der Waals surface area contributed by atoms with Crippen molar-refractivity contribution in [3.8, 4) is 0 Å². The van der Waals surface area contributed by atoms with Gasteiger partial charge in [-0.05, 0) is 44.7 Å². The van der Waals surface area contributed by atoms with Crippen molar-refractivity contribution in [3.63, 3.8) is 0 Å². The molecule has 0 saturated carbocycles. The van der Waals surface area contributed by atoms with Crippen LogP contribution >= 0.6 is 0 Å². The monoisotopic (exact) mass is 443 g/mol. The average molecular weight is 444 g/mol. The van der Waals surface area contributed by atoms with E-state index in [1.165, 1.54) is 94.2 Å². The zero-order valence-corrected chi connectivity index (χ0v) is 20.6. The van der Waals surface area contributed by atoms with Gasteiger partial charge in [0, 0.05) is 13.0 Å². The van der Waals surface area contributed by atoms with Crippen LogP contribution in [0.3, 0.4) is 0 Å². The van der Waals surface area contributed by atoms with E-state index >= 15 is 0 Å². The lowest BCUT2D eigenvalue weighted by molar-refractivity contribution is -0.929. The number of hydrogen-bond donors (Lipinski definition) is 1. The highest BCUT2D eigenvalue weighted by molar-refractivity contribution is 7.85. The van der Waals surface area contributed by atoms with E-state index in [1.54, 1.807) is 12.1 Å². The second kappa shape index (κ2) is 16.7. The van der Waals surface area contributed by atoms with Gasteiger partial charge >= 0.3 is 0 Å². The Hall–Kier alpha value is -0.950. The van der Waals surface area contributed by atoms with E-state index < -0.39 is 10.1 Å². The van der Waals surface area contributed by atoms with E-state index in [-0.39, 0.29) is 4.90 Å². The minimum atomic E-state index is -4.27. The Bertz CT molecular complexity index is 607. The van der Waals surface area contributed by atoms with Crippen LogP contribution in [0.5, 0.6) is 0 Å². The summed E-state index contributed by atoms with van der Waals surface area (Å²) in [4.78, 5) is -0.178. The molecule has 0 aliphatic carbocycles. The molecule has 0 spiro atoms. The normalized spacial score (nSPS) is 11.8. The molecule has 0 atom stereocenters. The number of aliphatic hydroxyl groups is 1. The van der Waals surface area contributed by atoms with E-state index in [4.69, 9.17) is 0 Å². The Kier molecular flexibility index (Phi) is 16.2. The highest BCUT2D eigenvalue weighted by atomic mass is 32.2.